The molecule has 2 fully saturated rings. The van der Waals surface area contributed by atoms with Crippen LogP contribution in [0.25, 0.3) is 16.7 Å². The zero-order valence-electron chi connectivity index (χ0n) is 19.2. The number of benzene rings is 2. The van der Waals surface area contributed by atoms with E-state index in [4.69, 9.17) is 32.9 Å². The van der Waals surface area contributed by atoms with Crippen LogP contribution in [0.5, 0.6) is 0 Å². The lowest BCUT2D eigenvalue weighted by atomic mass is 9.95. The van der Waals surface area contributed by atoms with Gasteiger partial charge in [-0.3, -0.25) is 9.36 Å². The number of anilines is 1. The van der Waals surface area contributed by atoms with E-state index >= 15 is 0 Å². The van der Waals surface area contributed by atoms with Crippen molar-refractivity contribution in [3.05, 3.63) is 51.3 Å². The summed E-state index contributed by atoms with van der Waals surface area (Å²) >= 11 is 12.6. The first kappa shape index (κ1) is 23.4. The second kappa shape index (κ2) is 9.36. The smallest absolute Gasteiger partial charge is 0.223 e. The number of halogens is 3. The topological polar surface area (TPSA) is 59.4 Å². The van der Waals surface area contributed by atoms with E-state index in [2.05, 4.69) is 10.2 Å². The Labute approximate surface area is 208 Å². The Kier molecular flexibility index (Phi) is 6.44. The van der Waals surface area contributed by atoms with Crippen molar-refractivity contribution >= 4 is 46.1 Å². The summed E-state index contributed by atoms with van der Waals surface area (Å²) in [6.45, 7) is 6.18. The van der Waals surface area contributed by atoms with Gasteiger partial charge in [0, 0.05) is 31.3 Å². The third-order valence-corrected chi connectivity index (χ3v) is 7.51. The number of carbonyl (C=O) groups is 1. The quantitative estimate of drug-likeness (QED) is 0.529. The van der Waals surface area contributed by atoms with Crippen LogP contribution >= 0.6 is 23.2 Å². The highest BCUT2D eigenvalue weighted by Gasteiger charge is 2.30. The molecular formula is C25H27Cl2FN4O2. The van der Waals surface area contributed by atoms with Crippen LogP contribution < -0.4 is 10.2 Å². The van der Waals surface area contributed by atoms with Crippen LogP contribution in [0.4, 0.5) is 10.3 Å². The number of hydrogen-bond acceptors (Lipinski definition) is 4. The van der Waals surface area contributed by atoms with Crippen molar-refractivity contribution in [1.29, 1.82) is 0 Å². The molecule has 5 rings (SSSR count). The second-order valence-corrected chi connectivity index (χ2v) is 10.0. The van der Waals surface area contributed by atoms with E-state index in [1.165, 1.54) is 0 Å². The van der Waals surface area contributed by atoms with Crippen molar-refractivity contribution < 1.29 is 13.9 Å². The molecule has 2 aromatic carbocycles. The van der Waals surface area contributed by atoms with Gasteiger partial charge in [0.05, 0.1) is 33.7 Å². The summed E-state index contributed by atoms with van der Waals surface area (Å²) in [6.07, 6.45) is 2.33. The molecule has 34 heavy (non-hydrogen) atoms. The minimum atomic E-state index is -0.213. The SMILES string of the molecule is Cc1cc(-n2c(N3CCC(C(=O)N[C@@H]4CCOC4)CC3)nc3cc(Cl)c(Cl)cc32)cc(C)c1F. The predicted octanol–water partition coefficient (Wildman–Crippen LogP) is 5.21. The number of nitrogens with zero attached hydrogens (tertiary/aromatic N) is 3. The summed E-state index contributed by atoms with van der Waals surface area (Å²) < 4.78 is 21.8. The molecule has 0 saturated carbocycles. The van der Waals surface area contributed by atoms with Crippen LogP contribution in [0.3, 0.4) is 0 Å². The number of piperidine rings is 1. The normalized spacial score (nSPS) is 19.2. The first-order valence-corrected chi connectivity index (χ1v) is 12.3. The molecule has 0 spiro atoms. The van der Waals surface area contributed by atoms with Crippen molar-refractivity contribution in [2.75, 3.05) is 31.2 Å². The van der Waals surface area contributed by atoms with Crippen LogP contribution in [0, 0.1) is 25.6 Å². The first-order chi connectivity index (χ1) is 16.3. The summed E-state index contributed by atoms with van der Waals surface area (Å²) in [7, 11) is 0. The maximum Gasteiger partial charge on any atom is 0.223 e. The number of amides is 1. The number of aryl methyl sites for hydroxylation is 2. The summed E-state index contributed by atoms with van der Waals surface area (Å²) in [6, 6.07) is 7.31. The number of imidazole rings is 1. The monoisotopic (exact) mass is 504 g/mol. The zero-order valence-corrected chi connectivity index (χ0v) is 20.7. The second-order valence-electron chi connectivity index (χ2n) is 9.23. The molecule has 1 aromatic heterocycles. The van der Waals surface area contributed by atoms with Gasteiger partial charge in [0.2, 0.25) is 11.9 Å². The fourth-order valence-electron chi connectivity index (χ4n) is 4.89. The molecule has 1 amide bonds. The lowest BCUT2D eigenvalue weighted by molar-refractivity contribution is -0.126. The number of hydrogen-bond donors (Lipinski definition) is 1. The lowest BCUT2D eigenvalue weighted by Crippen LogP contribution is -2.44. The molecule has 6 nitrogen and oxygen atoms in total. The molecular weight excluding hydrogens is 478 g/mol. The fourth-order valence-corrected chi connectivity index (χ4v) is 5.20. The minimum absolute atomic E-state index is 0.0334. The maximum absolute atomic E-state index is 14.4. The Hall–Kier alpha value is -2.35. The molecule has 1 N–H and O–H groups in total. The molecule has 9 heteroatoms. The van der Waals surface area contributed by atoms with Gasteiger partial charge in [0.1, 0.15) is 5.82 Å². The molecule has 0 aliphatic carbocycles. The molecule has 2 saturated heterocycles. The average molecular weight is 505 g/mol. The van der Waals surface area contributed by atoms with E-state index in [0.717, 1.165) is 36.4 Å². The molecule has 0 radical (unpaired) electrons. The van der Waals surface area contributed by atoms with Crippen molar-refractivity contribution in [3.63, 3.8) is 0 Å². The summed E-state index contributed by atoms with van der Waals surface area (Å²) in [5.74, 6) is 0.595. The van der Waals surface area contributed by atoms with Gasteiger partial charge < -0.3 is 15.0 Å². The predicted molar refractivity (Wildman–Crippen MR) is 133 cm³/mol. The number of rotatable bonds is 4. The maximum atomic E-state index is 14.4. The Bertz CT molecular complexity index is 1220. The molecule has 1 atom stereocenters. The average Bonchev–Trinajstić information content (AvgIpc) is 3.45. The summed E-state index contributed by atoms with van der Waals surface area (Å²) in [5, 5.41) is 3.99. The molecule has 180 valence electrons. The number of fused-ring (bicyclic) bond motifs is 1. The van der Waals surface area contributed by atoms with Crippen molar-refractivity contribution in [2.24, 2.45) is 5.92 Å². The van der Waals surface area contributed by atoms with Crippen molar-refractivity contribution in [2.45, 2.75) is 39.2 Å². The third-order valence-electron chi connectivity index (χ3n) is 6.78. The van der Waals surface area contributed by atoms with Crippen LogP contribution in [-0.4, -0.2) is 47.8 Å². The van der Waals surface area contributed by atoms with E-state index in [9.17, 15) is 9.18 Å². The van der Waals surface area contributed by atoms with Crippen LogP contribution in [-0.2, 0) is 9.53 Å². The summed E-state index contributed by atoms with van der Waals surface area (Å²) in [5.41, 5.74) is 3.46. The Morgan fingerprint density at radius 2 is 1.76 bits per heavy atom. The first-order valence-electron chi connectivity index (χ1n) is 11.6. The standard InChI is InChI=1S/C25H27Cl2FN4O2/c1-14-9-18(10-15(2)23(14)28)32-22-12-20(27)19(26)11-21(22)30-25(32)31-6-3-16(4-7-31)24(33)29-17-5-8-34-13-17/h9-12,16-17H,3-8,13H2,1-2H3,(H,29,33)/t17-/m1/s1. The highest BCUT2D eigenvalue weighted by atomic mass is 35.5. The van der Waals surface area contributed by atoms with E-state index < -0.39 is 0 Å². The van der Waals surface area contributed by atoms with E-state index in [-0.39, 0.29) is 23.7 Å². The van der Waals surface area contributed by atoms with E-state index in [0.29, 0.717) is 53.0 Å². The van der Waals surface area contributed by atoms with Gasteiger partial charge >= 0.3 is 0 Å². The number of ether oxygens (including phenoxy) is 1. The van der Waals surface area contributed by atoms with Crippen LogP contribution in [0.1, 0.15) is 30.4 Å². The van der Waals surface area contributed by atoms with E-state index in [1.54, 1.807) is 26.0 Å². The highest BCUT2D eigenvalue weighted by molar-refractivity contribution is 6.42. The van der Waals surface area contributed by atoms with Gasteiger partial charge in [0.25, 0.3) is 0 Å². The Morgan fingerprint density at radius 3 is 2.41 bits per heavy atom. The minimum Gasteiger partial charge on any atom is -0.379 e. The lowest BCUT2D eigenvalue weighted by Gasteiger charge is -2.33. The third kappa shape index (κ3) is 4.37. The van der Waals surface area contributed by atoms with Crippen molar-refractivity contribution in [3.8, 4) is 5.69 Å². The Balaban J connectivity index is 1.46. The van der Waals surface area contributed by atoms with Gasteiger partial charge in [-0.25, -0.2) is 9.37 Å². The molecule has 0 unspecified atom stereocenters. The largest absolute Gasteiger partial charge is 0.379 e. The number of aromatic nitrogens is 2. The van der Waals surface area contributed by atoms with Gasteiger partial charge in [-0.1, -0.05) is 23.2 Å². The number of carbonyl (C=O) groups excluding carboxylic acids is 1. The van der Waals surface area contributed by atoms with Crippen LogP contribution in [0.15, 0.2) is 24.3 Å². The highest BCUT2D eigenvalue weighted by Crippen LogP contribution is 2.35. The van der Waals surface area contributed by atoms with E-state index in [1.807, 2.05) is 16.7 Å². The van der Waals surface area contributed by atoms with Crippen molar-refractivity contribution in [1.82, 2.24) is 14.9 Å². The fraction of sp³-hybridized carbons (Fsp3) is 0.440. The van der Waals surface area contributed by atoms with Crippen LogP contribution in [0.2, 0.25) is 10.0 Å². The van der Waals surface area contributed by atoms with Gasteiger partial charge in [-0.2, -0.15) is 0 Å². The Morgan fingerprint density at radius 1 is 1.09 bits per heavy atom. The van der Waals surface area contributed by atoms with Gasteiger partial charge in [-0.15, -0.1) is 0 Å². The molecule has 3 heterocycles. The molecule has 3 aromatic rings. The zero-order chi connectivity index (χ0) is 24.0. The van der Waals surface area contributed by atoms with Gasteiger partial charge in [-0.05, 0) is 68.5 Å². The molecule has 0 bridgehead atoms. The number of nitrogens with one attached hydrogen (secondary N) is 1. The summed E-state index contributed by atoms with van der Waals surface area (Å²) in [4.78, 5) is 19.8. The van der Waals surface area contributed by atoms with Gasteiger partial charge in [0.15, 0.2) is 0 Å². The molecule has 2 aliphatic heterocycles. The molecule has 2 aliphatic rings.